The number of nitrogens with one attached hydrogen (secondary N) is 2. The highest BCUT2D eigenvalue weighted by Crippen LogP contribution is 2.33. The Labute approximate surface area is 237 Å². The maximum Gasteiger partial charge on any atom is 0.303 e. The first-order chi connectivity index (χ1) is 19.6. The number of halogens is 1. The van der Waals surface area contributed by atoms with Crippen LogP contribution >= 0.6 is 0 Å². The van der Waals surface area contributed by atoms with E-state index in [0.717, 1.165) is 28.2 Å². The van der Waals surface area contributed by atoms with Gasteiger partial charge in [0.05, 0.1) is 30.3 Å². The zero-order valence-electron chi connectivity index (χ0n) is 23.2. The van der Waals surface area contributed by atoms with Gasteiger partial charge in [-0.15, -0.1) is 0 Å². The predicted octanol–water partition coefficient (Wildman–Crippen LogP) is 3.32. The quantitative estimate of drug-likeness (QED) is 0.181. The maximum absolute atomic E-state index is 14.9. The van der Waals surface area contributed by atoms with Gasteiger partial charge in [-0.25, -0.2) is 4.39 Å². The molecule has 0 aliphatic rings. The zero-order valence-corrected chi connectivity index (χ0v) is 23.2. The number of carboxylic acid groups (broad SMARTS) is 1. The molecule has 1 amide bonds. The highest BCUT2D eigenvalue weighted by molar-refractivity contribution is 5.81. The molecule has 0 saturated carbocycles. The molecule has 41 heavy (non-hydrogen) atoms. The van der Waals surface area contributed by atoms with Crippen molar-refractivity contribution in [2.24, 2.45) is 5.92 Å². The van der Waals surface area contributed by atoms with Crippen molar-refractivity contribution in [2.45, 2.75) is 39.5 Å². The number of hydrogen-bond acceptors (Lipinski definition) is 7. The Hall–Kier alpha value is -4.42. The molecule has 0 bridgehead atoms. The monoisotopic (exact) mass is 563 g/mol. The van der Waals surface area contributed by atoms with Gasteiger partial charge in [0.25, 0.3) is 0 Å². The molecule has 2 unspecified atom stereocenters. The largest absolute Gasteiger partial charge is 0.481 e. The van der Waals surface area contributed by atoms with Crippen molar-refractivity contribution in [1.29, 1.82) is 0 Å². The van der Waals surface area contributed by atoms with Gasteiger partial charge in [-0.1, -0.05) is 19.1 Å². The molecular weight excluding hydrogens is 529 g/mol. The SMILES string of the molecule is Cc1cccc(-c2[nH]ncc2-c2ccc(F)c(-c3cnn(CC(O)N(C)CCNC(=O)C(C)CCC(=O)O)c3)c2)n1. The van der Waals surface area contributed by atoms with Gasteiger partial charge in [0.2, 0.25) is 5.91 Å². The van der Waals surface area contributed by atoms with Crippen LogP contribution in [0.1, 0.15) is 25.5 Å². The fourth-order valence-corrected chi connectivity index (χ4v) is 4.36. The maximum atomic E-state index is 14.9. The van der Waals surface area contributed by atoms with Crippen molar-refractivity contribution in [3.63, 3.8) is 0 Å². The summed E-state index contributed by atoms with van der Waals surface area (Å²) in [5.41, 5.74) is 4.81. The van der Waals surface area contributed by atoms with Crippen molar-refractivity contribution in [3.8, 4) is 33.6 Å². The van der Waals surface area contributed by atoms with Crippen LogP contribution in [0.4, 0.5) is 4.39 Å². The van der Waals surface area contributed by atoms with E-state index in [1.807, 2.05) is 25.1 Å². The number of rotatable bonds is 13. The van der Waals surface area contributed by atoms with E-state index in [4.69, 9.17) is 5.11 Å². The molecule has 216 valence electrons. The topological polar surface area (TPSA) is 149 Å². The lowest BCUT2D eigenvalue weighted by molar-refractivity contribution is -0.137. The highest BCUT2D eigenvalue weighted by Gasteiger charge is 2.18. The summed E-state index contributed by atoms with van der Waals surface area (Å²) in [5, 5.41) is 33.7. The number of aliphatic carboxylic acids is 1. The summed E-state index contributed by atoms with van der Waals surface area (Å²) in [6.45, 7) is 4.38. The smallest absolute Gasteiger partial charge is 0.303 e. The fourth-order valence-electron chi connectivity index (χ4n) is 4.36. The van der Waals surface area contributed by atoms with E-state index < -0.39 is 23.9 Å². The van der Waals surface area contributed by atoms with E-state index in [2.05, 4.69) is 25.6 Å². The highest BCUT2D eigenvalue weighted by atomic mass is 19.1. The van der Waals surface area contributed by atoms with Gasteiger partial charge in [0.15, 0.2) is 0 Å². The minimum Gasteiger partial charge on any atom is -0.481 e. The lowest BCUT2D eigenvalue weighted by Gasteiger charge is -2.23. The molecule has 0 fully saturated rings. The predicted molar refractivity (Wildman–Crippen MR) is 151 cm³/mol. The molecule has 4 aromatic rings. The molecule has 12 heteroatoms. The van der Waals surface area contributed by atoms with E-state index in [1.165, 1.54) is 10.7 Å². The average Bonchev–Trinajstić information content (AvgIpc) is 3.62. The molecular formula is C29H34FN7O4. The van der Waals surface area contributed by atoms with Crippen molar-refractivity contribution in [2.75, 3.05) is 20.1 Å². The van der Waals surface area contributed by atoms with Crippen LogP contribution in [-0.2, 0) is 16.1 Å². The number of H-pyrrole nitrogens is 1. The summed E-state index contributed by atoms with van der Waals surface area (Å²) < 4.78 is 16.5. The van der Waals surface area contributed by atoms with Crippen LogP contribution in [0, 0.1) is 18.7 Å². The molecule has 11 nitrogen and oxygen atoms in total. The fraction of sp³-hybridized carbons (Fsp3) is 0.345. The first-order valence-electron chi connectivity index (χ1n) is 13.3. The molecule has 3 heterocycles. The van der Waals surface area contributed by atoms with Gasteiger partial charge in [-0.05, 0) is 50.2 Å². The number of nitrogens with zero attached hydrogens (tertiary/aromatic N) is 5. The van der Waals surface area contributed by atoms with Crippen LogP contribution in [0.5, 0.6) is 0 Å². The van der Waals surface area contributed by atoms with Crippen LogP contribution in [0.25, 0.3) is 33.6 Å². The second-order valence-corrected chi connectivity index (χ2v) is 10.1. The number of carbonyl (C=O) groups excluding carboxylic acids is 1. The van der Waals surface area contributed by atoms with Gasteiger partial charge >= 0.3 is 5.97 Å². The third-order valence-corrected chi connectivity index (χ3v) is 6.87. The Balaban J connectivity index is 1.38. The zero-order chi connectivity index (χ0) is 29.5. The summed E-state index contributed by atoms with van der Waals surface area (Å²) in [6.07, 6.45) is 4.19. The van der Waals surface area contributed by atoms with Gasteiger partial charge in [0.1, 0.15) is 12.0 Å². The number of likely N-dealkylation sites (N-methyl/N-ethyl adjacent to an activating group) is 1. The van der Waals surface area contributed by atoms with Gasteiger partial charge < -0.3 is 15.5 Å². The van der Waals surface area contributed by atoms with Crippen molar-refractivity contribution < 1.29 is 24.2 Å². The molecule has 4 rings (SSSR count). The summed E-state index contributed by atoms with van der Waals surface area (Å²) in [5.74, 6) is -1.99. The number of pyridine rings is 1. The second-order valence-electron chi connectivity index (χ2n) is 10.1. The molecule has 2 atom stereocenters. The van der Waals surface area contributed by atoms with Crippen LogP contribution in [0.2, 0.25) is 0 Å². The average molecular weight is 564 g/mol. The van der Waals surface area contributed by atoms with E-state index in [1.54, 1.807) is 49.6 Å². The molecule has 0 spiro atoms. The molecule has 3 aromatic heterocycles. The number of benzene rings is 1. The number of amides is 1. The number of aryl methyl sites for hydroxylation is 1. The van der Waals surface area contributed by atoms with Crippen LogP contribution in [-0.4, -0.2) is 78.3 Å². The number of aromatic amines is 1. The number of aliphatic hydroxyl groups is 1. The Morgan fingerprint density at radius 1 is 1.17 bits per heavy atom. The van der Waals surface area contributed by atoms with Crippen LogP contribution in [0.15, 0.2) is 55.0 Å². The van der Waals surface area contributed by atoms with Gasteiger partial charge in [0, 0.05) is 54.0 Å². The normalized spacial score (nSPS) is 12.8. The summed E-state index contributed by atoms with van der Waals surface area (Å²) in [6, 6.07) is 10.6. The van der Waals surface area contributed by atoms with Crippen LogP contribution < -0.4 is 5.32 Å². The first kappa shape index (κ1) is 29.6. The minimum atomic E-state index is -0.938. The first-order valence-corrected chi connectivity index (χ1v) is 13.3. The Kier molecular flexibility index (Phi) is 9.58. The summed E-state index contributed by atoms with van der Waals surface area (Å²) >= 11 is 0. The van der Waals surface area contributed by atoms with Crippen molar-refractivity contribution in [1.82, 2.24) is 35.2 Å². The molecule has 0 saturated heterocycles. The lowest BCUT2D eigenvalue weighted by atomic mass is 9.99. The number of aromatic nitrogens is 5. The molecule has 1 aromatic carbocycles. The Morgan fingerprint density at radius 2 is 1.98 bits per heavy atom. The summed E-state index contributed by atoms with van der Waals surface area (Å²) in [4.78, 5) is 29.0. The molecule has 0 aliphatic heterocycles. The number of aliphatic hydroxyl groups excluding tert-OH is 1. The van der Waals surface area contributed by atoms with E-state index in [9.17, 15) is 19.1 Å². The molecule has 0 radical (unpaired) electrons. The van der Waals surface area contributed by atoms with E-state index in [0.29, 0.717) is 24.2 Å². The number of hydrogen-bond donors (Lipinski definition) is 4. The molecule has 4 N–H and O–H groups in total. The second kappa shape index (κ2) is 13.3. The number of carboxylic acids is 1. The lowest BCUT2D eigenvalue weighted by Crippen LogP contribution is -2.41. The Bertz CT molecular complexity index is 1500. The summed E-state index contributed by atoms with van der Waals surface area (Å²) in [7, 11) is 1.71. The third-order valence-electron chi connectivity index (χ3n) is 6.87. The standard InChI is InChI=1S/C29H34FN7O4/c1-18(7-10-27(39)40)29(41)31-11-12-36(3)26(38)17-37-16-21(14-33-37)22-13-20(8-9-24(22)30)23-15-32-35-28(23)25-6-4-5-19(2)34-25/h4-6,8-9,13-16,18,26,38H,7,10-12,17H2,1-3H3,(H,31,41)(H,32,35)(H,39,40). The van der Waals surface area contributed by atoms with E-state index in [-0.39, 0.29) is 25.3 Å². The third kappa shape index (κ3) is 7.62. The van der Waals surface area contributed by atoms with Crippen LogP contribution in [0.3, 0.4) is 0 Å². The minimum absolute atomic E-state index is 0.0670. The van der Waals surface area contributed by atoms with Gasteiger partial charge in [-0.2, -0.15) is 10.2 Å². The van der Waals surface area contributed by atoms with E-state index >= 15 is 0 Å². The van der Waals surface area contributed by atoms with Crippen molar-refractivity contribution in [3.05, 3.63) is 66.5 Å². The van der Waals surface area contributed by atoms with Gasteiger partial charge in [-0.3, -0.25) is 29.3 Å². The Morgan fingerprint density at radius 3 is 2.73 bits per heavy atom. The number of carbonyl (C=O) groups is 2. The van der Waals surface area contributed by atoms with Crippen molar-refractivity contribution >= 4 is 11.9 Å². The molecule has 0 aliphatic carbocycles.